The lowest BCUT2D eigenvalue weighted by Crippen LogP contribution is -2.30. The van der Waals surface area contributed by atoms with Gasteiger partial charge in [-0.05, 0) is 144 Å². The molecular weight excluding hydrogens is 1180 g/mol. The minimum atomic E-state index is -1.22. The summed E-state index contributed by atoms with van der Waals surface area (Å²) < 4.78 is 63.2. The Morgan fingerprint density at radius 1 is 0.398 bits per heavy atom. The molecular formula is C74H38F4N4O2S4. The second kappa shape index (κ2) is 19.7. The molecule has 4 aliphatic rings. The molecule has 0 bridgehead atoms. The Morgan fingerprint density at radius 3 is 0.989 bits per heavy atom. The van der Waals surface area contributed by atoms with Crippen LogP contribution in [-0.4, -0.2) is 11.6 Å². The van der Waals surface area contributed by atoms with Crippen molar-refractivity contribution in [3.8, 4) is 45.2 Å². The summed E-state index contributed by atoms with van der Waals surface area (Å²) in [6, 6.07) is 54.3. The Bertz CT molecular complexity index is 4910. The Morgan fingerprint density at radius 2 is 0.693 bits per heavy atom. The van der Waals surface area contributed by atoms with Gasteiger partial charge in [0.1, 0.15) is 35.4 Å². The first kappa shape index (κ1) is 54.5. The molecule has 0 saturated heterocycles. The normalized spacial score (nSPS) is 15.5. The van der Waals surface area contributed by atoms with E-state index in [4.69, 9.17) is 0 Å². The molecule has 0 amide bonds. The molecule has 11 aromatic rings. The summed E-state index contributed by atoms with van der Waals surface area (Å²) >= 11 is 6.19. The van der Waals surface area contributed by atoms with E-state index in [0.717, 1.165) is 131 Å². The highest BCUT2D eigenvalue weighted by atomic mass is 32.1. The fourth-order valence-electron chi connectivity index (χ4n) is 13.7. The van der Waals surface area contributed by atoms with E-state index in [1.54, 1.807) is 34.8 Å². The summed E-state index contributed by atoms with van der Waals surface area (Å²) in [5.41, 5.74) is 11.5. The molecule has 418 valence electrons. The van der Waals surface area contributed by atoms with Gasteiger partial charge in [0.05, 0.1) is 20.2 Å². The van der Waals surface area contributed by atoms with Gasteiger partial charge < -0.3 is 0 Å². The van der Waals surface area contributed by atoms with Crippen molar-refractivity contribution in [1.29, 1.82) is 21.0 Å². The average molecular weight is 1220 g/mol. The van der Waals surface area contributed by atoms with Crippen LogP contribution in [0.2, 0.25) is 0 Å². The molecule has 0 N–H and O–H groups in total. The van der Waals surface area contributed by atoms with Gasteiger partial charge in [-0.3, -0.25) is 9.59 Å². The van der Waals surface area contributed by atoms with Gasteiger partial charge in [-0.1, -0.05) is 119 Å². The van der Waals surface area contributed by atoms with E-state index in [-0.39, 0.29) is 44.5 Å². The van der Waals surface area contributed by atoms with E-state index in [9.17, 15) is 48.2 Å². The van der Waals surface area contributed by atoms with Crippen LogP contribution in [-0.2, 0) is 10.8 Å². The largest absolute Gasteiger partial charge is 0.289 e. The lowest BCUT2D eigenvalue weighted by Gasteiger charge is -2.35. The molecule has 0 unspecified atom stereocenters. The molecule has 0 spiro atoms. The molecule has 4 heterocycles. The van der Waals surface area contributed by atoms with Gasteiger partial charge in [-0.2, -0.15) is 21.0 Å². The summed E-state index contributed by atoms with van der Waals surface area (Å²) in [6.07, 6.45) is 3.26. The first-order valence-corrected chi connectivity index (χ1v) is 31.0. The number of halogens is 4. The van der Waals surface area contributed by atoms with Crippen molar-refractivity contribution in [2.75, 3.05) is 0 Å². The average Bonchev–Trinajstić information content (AvgIpc) is 1.49. The predicted octanol–water partition coefficient (Wildman–Crippen LogP) is 18.9. The van der Waals surface area contributed by atoms with Crippen LogP contribution in [0.3, 0.4) is 0 Å². The van der Waals surface area contributed by atoms with Crippen LogP contribution in [0.4, 0.5) is 17.6 Å². The zero-order chi connectivity index (χ0) is 61.0. The Labute approximate surface area is 517 Å². The van der Waals surface area contributed by atoms with E-state index in [0.29, 0.717) is 9.75 Å². The van der Waals surface area contributed by atoms with E-state index in [2.05, 4.69) is 137 Å². The molecule has 0 fully saturated rings. The van der Waals surface area contributed by atoms with Crippen LogP contribution < -0.4 is 0 Å². The second-order valence-electron chi connectivity index (χ2n) is 22.5. The standard InChI is InChI=1S/C74H38F4N4O2S4/c1-35-5-13-41(14-6-35)73(42-15-7-36(2)8-16-42)55-25-52-56(26-51(55)69-65(73)71-61(87-69)23-45(85-71)21-53-63(39(31-79)32-80)47-27-57(75)59(77)29-49(47)67(53)83)74(43-17-9-37(3)10-18-43,44-19-11-38(4)12-20-44)66-70(52)88-62-24-46(86-72(62)66)22-54-64(40(33-81)34-82)48-28-58(76)60(78)30-50(48)68(54)84/h5-30H,1-4H3/b53-21-,54-22-. The monoisotopic (exact) mass is 1220 g/mol. The molecule has 0 aliphatic heterocycles. The highest BCUT2D eigenvalue weighted by Crippen LogP contribution is 2.68. The number of hydrogen-bond acceptors (Lipinski definition) is 10. The van der Waals surface area contributed by atoms with Crippen LogP contribution >= 0.6 is 45.3 Å². The summed E-state index contributed by atoms with van der Waals surface area (Å²) in [4.78, 5) is 31.9. The van der Waals surface area contributed by atoms with Crippen molar-refractivity contribution >= 4 is 99.0 Å². The third-order valence-electron chi connectivity index (χ3n) is 17.6. The lowest BCUT2D eigenvalue weighted by molar-refractivity contribution is 0.103. The van der Waals surface area contributed by atoms with Crippen LogP contribution in [0.1, 0.15) is 108 Å². The number of nitrogens with zero attached hydrogens (tertiary/aromatic N) is 4. The molecule has 88 heavy (non-hydrogen) atoms. The minimum Gasteiger partial charge on any atom is -0.289 e. The molecule has 14 heteroatoms. The van der Waals surface area contributed by atoms with Gasteiger partial charge >= 0.3 is 0 Å². The molecule has 4 aliphatic carbocycles. The molecule has 6 nitrogen and oxygen atoms in total. The molecule has 0 atom stereocenters. The third-order valence-corrected chi connectivity index (χ3v) is 22.4. The lowest BCUT2D eigenvalue weighted by atomic mass is 9.65. The quantitative estimate of drug-likeness (QED) is 0.0926. The number of nitriles is 4. The van der Waals surface area contributed by atoms with Gasteiger partial charge in [-0.25, -0.2) is 17.6 Å². The number of ketones is 2. The van der Waals surface area contributed by atoms with Gasteiger partial charge in [0.15, 0.2) is 34.8 Å². The van der Waals surface area contributed by atoms with Crippen molar-refractivity contribution in [3.05, 3.63) is 290 Å². The fourth-order valence-corrected chi connectivity index (χ4v) is 19.2. The molecule has 0 radical (unpaired) electrons. The van der Waals surface area contributed by atoms with E-state index >= 15 is 0 Å². The number of fused-ring (bicyclic) bond motifs is 12. The number of Topliss-reactive ketones (excluding diaryl/α,β-unsaturated/α-hetero) is 2. The Balaban J connectivity index is 1.01. The predicted molar refractivity (Wildman–Crippen MR) is 340 cm³/mol. The fraction of sp³-hybridized carbons (Fsp3) is 0.0811. The summed E-state index contributed by atoms with van der Waals surface area (Å²) in [5.74, 6) is -6.10. The number of rotatable bonds is 6. The highest BCUT2D eigenvalue weighted by Gasteiger charge is 2.54. The first-order chi connectivity index (χ1) is 42.5. The number of thiophene rings is 4. The smallest absolute Gasteiger partial charge is 0.194 e. The van der Waals surface area contributed by atoms with Crippen molar-refractivity contribution in [2.45, 2.75) is 38.5 Å². The zero-order valence-corrected chi connectivity index (χ0v) is 50.0. The third kappa shape index (κ3) is 7.51. The van der Waals surface area contributed by atoms with Crippen molar-refractivity contribution < 1.29 is 27.2 Å². The highest BCUT2D eigenvalue weighted by molar-refractivity contribution is 7.31. The molecule has 15 rings (SSSR count). The van der Waals surface area contributed by atoms with Gasteiger partial charge in [-0.15, -0.1) is 45.3 Å². The first-order valence-electron chi connectivity index (χ1n) is 27.8. The maximum atomic E-state index is 14.9. The number of carbonyl (C=O) groups excluding carboxylic acids is 2. The summed E-state index contributed by atoms with van der Waals surface area (Å²) in [7, 11) is 0. The van der Waals surface area contributed by atoms with Crippen LogP contribution in [0.25, 0.3) is 63.0 Å². The Kier molecular flexibility index (Phi) is 12.2. The van der Waals surface area contributed by atoms with Crippen molar-refractivity contribution in [1.82, 2.24) is 0 Å². The topological polar surface area (TPSA) is 129 Å². The maximum Gasteiger partial charge on any atom is 0.194 e. The zero-order valence-electron chi connectivity index (χ0n) is 46.8. The van der Waals surface area contributed by atoms with Gasteiger partial charge in [0.2, 0.25) is 0 Å². The van der Waals surface area contributed by atoms with E-state index in [1.165, 1.54) is 22.7 Å². The Hall–Kier alpha value is -10.2. The summed E-state index contributed by atoms with van der Waals surface area (Å²) in [6.45, 7) is 8.23. The van der Waals surface area contributed by atoms with Crippen LogP contribution in [0.15, 0.2) is 168 Å². The number of carbonyl (C=O) groups is 2. The van der Waals surface area contributed by atoms with E-state index in [1.807, 2.05) is 36.4 Å². The number of aryl methyl sites for hydroxylation is 4. The van der Waals surface area contributed by atoms with Gasteiger partial charge in [0.25, 0.3) is 0 Å². The molecule has 4 aromatic heterocycles. The SMILES string of the molecule is Cc1ccc(C2(c3ccc(C)cc3)c3cc4c(cc3-c3sc5cc(/C=C6\C(=O)c7cc(F)c(F)cc7C6=C(C#N)C#N)sc5c32)C(c2ccc(C)cc2)(c2ccc(C)cc2)c2c-4sc3cc(/C=C4\C(=O)c5cc(F)c(F)cc5C4=C(C#N)C#N)sc23)cc1. The molecule has 0 saturated carbocycles. The van der Waals surface area contributed by atoms with Crippen LogP contribution in [0, 0.1) is 96.3 Å². The van der Waals surface area contributed by atoms with Gasteiger partial charge in [0, 0.05) is 73.5 Å². The number of benzene rings is 7. The maximum absolute atomic E-state index is 14.9. The molecule has 7 aromatic carbocycles. The minimum absolute atomic E-state index is 0.00894. The number of hydrogen-bond donors (Lipinski definition) is 0. The number of allylic oxidation sites excluding steroid dienone is 6. The summed E-state index contributed by atoms with van der Waals surface area (Å²) in [5, 5.41) is 40.7. The van der Waals surface area contributed by atoms with Crippen LogP contribution in [0.5, 0.6) is 0 Å². The second-order valence-corrected chi connectivity index (χ2v) is 26.8. The van der Waals surface area contributed by atoms with Crippen molar-refractivity contribution in [3.63, 3.8) is 0 Å². The van der Waals surface area contributed by atoms with Crippen molar-refractivity contribution in [2.24, 2.45) is 0 Å². The van der Waals surface area contributed by atoms with E-state index < -0.39 is 56.8 Å².